The molecule has 0 fully saturated rings. The first-order valence-corrected chi connectivity index (χ1v) is 11.9. The van der Waals surface area contributed by atoms with E-state index >= 15 is 0 Å². The first-order valence-electron chi connectivity index (χ1n) is 10.7. The quantitative estimate of drug-likeness (QED) is 0.273. The van der Waals surface area contributed by atoms with Crippen molar-refractivity contribution in [2.75, 3.05) is 0 Å². The van der Waals surface area contributed by atoms with Crippen molar-refractivity contribution in [3.05, 3.63) is 99.0 Å². The Morgan fingerprint density at radius 1 is 1.06 bits per heavy atom. The summed E-state index contributed by atoms with van der Waals surface area (Å²) in [6, 6.07) is 21.1. The van der Waals surface area contributed by atoms with E-state index in [1.54, 1.807) is 24.3 Å². The van der Waals surface area contributed by atoms with E-state index < -0.39 is 11.9 Å². The molecule has 3 aromatic carbocycles. The lowest BCUT2D eigenvalue weighted by molar-refractivity contribution is -0.123. The minimum Gasteiger partial charge on any atom is -0.488 e. The maximum absolute atomic E-state index is 12.7. The van der Waals surface area contributed by atoms with E-state index in [0.29, 0.717) is 28.5 Å². The zero-order chi connectivity index (χ0) is 24.5. The average Bonchev–Trinajstić information content (AvgIpc) is 2.82. The lowest BCUT2D eigenvalue weighted by Gasteiger charge is -2.20. The largest absolute Gasteiger partial charge is 0.488 e. The van der Waals surface area contributed by atoms with Crippen LogP contribution in [0.1, 0.15) is 35.3 Å². The van der Waals surface area contributed by atoms with Crippen LogP contribution in [0, 0.1) is 5.92 Å². The third-order valence-corrected chi connectivity index (χ3v) is 5.69. The van der Waals surface area contributed by atoms with Crippen molar-refractivity contribution >= 4 is 45.6 Å². The first-order chi connectivity index (χ1) is 16.3. The molecule has 2 amide bonds. The fraction of sp³-hybridized carbons (Fsp3) is 0.192. The van der Waals surface area contributed by atoms with Gasteiger partial charge in [-0.05, 0) is 53.9 Å². The summed E-state index contributed by atoms with van der Waals surface area (Å²) >= 11 is 9.38. The van der Waals surface area contributed by atoms with Crippen molar-refractivity contribution in [1.29, 1.82) is 0 Å². The predicted octanol–water partition coefficient (Wildman–Crippen LogP) is 5.59. The number of benzene rings is 3. The van der Waals surface area contributed by atoms with E-state index in [-0.39, 0.29) is 11.8 Å². The van der Waals surface area contributed by atoms with Gasteiger partial charge in [-0.25, -0.2) is 5.43 Å². The van der Waals surface area contributed by atoms with Gasteiger partial charge < -0.3 is 10.1 Å². The molecule has 0 saturated heterocycles. The third kappa shape index (κ3) is 7.43. The number of para-hydroxylation sites is 1. The number of rotatable bonds is 9. The highest BCUT2D eigenvalue weighted by Gasteiger charge is 2.24. The Kier molecular flexibility index (Phi) is 9.24. The van der Waals surface area contributed by atoms with E-state index in [2.05, 4.69) is 31.8 Å². The van der Waals surface area contributed by atoms with Crippen LogP contribution in [0.15, 0.2) is 82.4 Å². The van der Waals surface area contributed by atoms with Gasteiger partial charge in [0.2, 0.25) is 0 Å². The number of carbonyl (C=O) groups is 2. The summed E-state index contributed by atoms with van der Waals surface area (Å²) in [4.78, 5) is 25.3. The smallest absolute Gasteiger partial charge is 0.262 e. The van der Waals surface area contributed by atoms with Crippen molar-refractivity contribution in [2.45, 2.75) is 26.5 Å². The molecular weight excluding hydrogens is 518 g/mol. The summed E-state index contributed by atoms with van der Waals surface area (Å²) < 4.78 is 6.93. The number of hydrogen-bond donors (Lipinski definition) is 2. The normalized spacial score (nSPS) is 11.9. The maximum atomic E-state index is 12.7. The number of nitrogens with one attached hydrogen (secondary N) is 2. The Balaban J connectivity index is 1.62. The summed E-state index contributed by atoms with van der Waals surface area (Å²) in [7, 11) is 0. The molecule has 0 spiro atoms. The van der Waals surface area contributed by atoms with Crippen LogP contribution in [-0.4, -0.2) is 24.1 Å². The lowest BCUT2D eigenvalue weighted by atomic mass is 10.0. The van der Waals surface area contributed by atoms with E-state index in [9.17, 15) is 9.59 Å². The molecule has 3 aromatic rings. The first kappa shape index (κ1) is 25.5. The number of amides is 2. The molecule has 0 aliphatic carbocycles. The molecule has 0 aliphatic rings. The van der Waals surface area contributed by atoms with E-state index in [4.69, 9.17) is 16.3 Å². The number of carbonyl (C=O) groups excluding carboxylic acids is 2. The molecule has 3 rings (SSSR count). The highest BCUT2D eigenvalue weighted by atomic mass is 79.9. The van der Waals surface area contributed by atoms with Crippen molar-refractivity contribution < 1.29 is 14.3 Å². The number of hydrazone groups is 1. The molecule has 176 valence electrons. The molecule has 0 radical (unpaired) electrons. The predicted molar refractivity (Wildman–Crippen MR) is 138 cm³/mol. The van der Waals surface area contributed by atoms with Crippen LogP contribution in [0.25, 0.3) is 0 Å². The Labute approximate surface area is 212 Å². The Morgan fingerprint density at radius 3 is 2.50 bits per heavy atom. The Bertz CT molecular complexity index is 1170. The van der Waals surface area contributed by atoms with Crippen molar-refractivity contribution in [2.24, 2.45) is 11.0 Å². The topological polar surface area (TPSA) is 79.8 Å². The fourth-order valence-corrected chi connectivity index (χ4v) is 3.54. The van der Waals surface area contributed by atoms with Gasteiger partial charge in [0.15, 0.2) is 0 Å². The molecule has 0 heterocycles. The van der Waals surface area contributed by atoms with Crippen LogP contribution >= 0.6 is 27.5 Å². The molecule has 0 aromatic heterocycles. The lowest BCUT2D eigenvalue weighted by Crippen LogP contribution is -2.48. The van der Waals surface area contributed by atoms with Crippen LogP contribution in [0.5, 0.6) is 5.75 Å². The second-order valence-electron chi connectivity index (χ2n) is 7.89. The molecule has 34 heavy (non-hydrogen) atoms. The monoisotopic (exact) mass is 541 g/mol. The molecule has 0 saturated carbocycles. The highest BCUT2D eigenvalue weighted by Crippen LogP contribution is 2.19. The summed E-state index contributed by atoms with van der Waals surface area (Å²) in [6.07, 6.45) is 1.52. The minimum absolute atomic E-state index is 0.153. The number of ether oxygens (including phenoxy) is 1. The molecule has 0 aliphatic heterocycles. The summed E-state index contributed by atoms with van der Waals surface area (Å²) in [5, 5.41) is 7.28. The Hall–Kier alpha value is -3.16. The van der Waals surface area contributed by atoms with E-state index in [1.165, 1.54) is 6.21 Å². The van der Waals surface area contributed by atoms with E-state index in [0.717, 1.165) is 10.0 Å². The van der Waals surface area contributed by atoms with Crippen LogP contribution in [0.4, 0.5) is 0 Å². The summed E-state index contributed by atoms with van der Waals surface area (Å²) in [5.74, 6) is -0.320. The highest BCUT2D eigenvalue weighted by molar-refractivity contribution is 9.10. The fourth-order valence-electron chi connectivity index (χ4n) is 3.08. The molecule has 1 unspecified atom stereocenters. The van der Waals surface area contributed by atoms with Crippen LogP contribution in [-0.2, 0) is 11.4 Å². The van der Waals surface area contributed by atoms with Crippen LogP contribution < -0.4 is 15.5 Å². The van der Waals surface area contributed by atoms with Gasteiger partial charge in [-0.15, -0.1) is 0 Å². The molecule has 0 bridgehead atoms. The zero-order valence-electron chi connectivity index (χ0n) is 18.8. The summed E-state index contributed by atoms with van der Waals surface area (Å²) in [5.41, 5.74) is 4.64. The van der Waals surface area contributed by atoms with Gasteiger partial charge in [-0.1, -0.05) is 71.7 Å². The maximum Gasteiger partial charge on any atom is 0.262 e. The summed E-state index contributed by atoms with van der Waals surface area (Å²) in [6.45, 7) is 4.09. The zero-order valence-corrected chi connectivity index (χ0v) is 21.1. The van der Waals surface area contributed by atoms with Gasteiger partial charge >= 0.3 is 0 Å². The number of nitrogens with zero attached hydrogens (tertiary/aromatic N) is 1. The van der Waals surface area contributed by atoms with Gasteiger partial charge in [0.25, 0.3) is 11.8 Å². The van der Waals surface area contributed by atoms with Gasteiger partial charge in [0.05, 0.1) is 6.21 Å². The van der Waals surface area contributed by atoms with Gasteiger partial charge in [-0.2, -0.15) is 5.10 Å². The van der Waals surface area contributed by atoms with Gasteiger partial charge in [0, 0.05) is 20.6 Å². The van der Waals surface area contributed by atoms with Crippen molar-refractivity contribution in [3.8, 4) is 5.75 Å². The molecular formula is C26H25BrClN3O3. The second-order valence-corrected chi connectivity index (χ2v) is 9.24. The van der Waals surface area contributed by atoms with Crippen molar-refractivity contribution in [3.63, 3.8) is 0 Å². The molecule has 6 nitrogen and oxygen atoms in total. The van der Waals surface area contributed by atoms with Crippen LogP contribution in [0.2, 0.25) is 5.02 Å². The van der Waals surface area contributed by atoms with Crippen LogP contribution in [0.3, 0.4) is 0 Å². The molecule has 2 N–H and O–H groups in total. The average molecular weight is 543 g/mol. The van der Waals surface area contributed by atoms with Gasteiger partial charge in [-0.3, -0.25) is 9.59 Å². The molecule has 1 atom stereocenters. The van der Waals surface area contributed by atoms with Crippen molar-refractivity contribution in [1.82, 2.24) is 10.7 Å². The van der Waals surface area contributed by atoms with Gasteiger partial charge in [0.1, 0.15) is 18.4 Å². The number of halogens is 2. The SMILES string of the molecule is CC(C)C(NC(=O)c1cccc(Cl)c1)C(=O)N/N=C/c1ccccc1OCc1ccc(Br)cc1. The van der Waals surface area contributed by atoms with E-state index in [1.807, 2.05) is 62.4 Å². The third-order valence-electron chi connectivity index (χ3n) is 4.93. The standard InChI is InChI=1S/C26H25BrClN3O3/c1-17(2)24(30-25(32)19-7-5-8-22(28)14-19)26(33)31-29-15-20-6-3-4-9-23(20)34-16-18-10-12-21(27)13-11-18/h3-15,17,24H,16H2,1-2H3,(H,30,32)(H,31,33)/b29-15+. The Morgan fingerprint density at radius 2 is 1.79 bits per heavy atom. The molecule has 8 heteroatoms. The number of hydrogen-bond acceptors (Lipinski definition) is 4. The second kappa shape index (κ2) is 12.3. The minimum atomic E-state index is -0.771.